The maximum atomic E-state index is 11.9. The molecule has 2 fully saturated rings. The van der Waals surface area contributed by atoms with Gasteiger partial charge in [0.1, 0.15) is 0 Å². The fourth-order valence-corrected chi connectivity index (χ4v) is 4.30. The summed E-state index contributed by atoms with van der Waals surface area (Å²) in [6.45, 7) is 5.31. The van der Waals surface area contributed by atoms with Gasteiger partial charge in [0.2, 0.25) is 5.91 Å². The highest BCUT2D eigenvalue weighted by atomic mass is 16.1. The van der Waals surface area contributed by atoms with Crippen molar-refractivity contribution in [1.82, 2.24) is 20.2 Å². The average Bonchev–Trinajstić information content (AvgIpc) is 3.16. The monoisotopic (exact) mass is 362 g/mol. The molecule has 2 aromatic heterocycles. The predicted octanol–water partition coefficient (Wildman–Crippen LogP) is 2.94. The molecule has 1 aliphatic carbocycles. The first-order valence-corrected chi connectivity index (χ1v) is 9.73. The number of rotatable bonds is 7. The van der Waals surface area contributed by atoms with Gasteiger partial charge in [-0.1, -0.05) is 12.1 Å². The molecule has 2 aromatic rings. The maximum absolute atomic E-state index is 11.9. The van der Waals surface area contributed by atoms with Crippen molar-refractivity contribution in [1.29, 1.82) is 0 Å². The van der Waals surface area contributed by atoms with E-state index in [2.05, 4.69) is 39.2 Å². The van der Waals surface area contributed by atoms with Crippen LogP contribution < -0.4 is 5.32 Å². The number of nitrogens with zero attached hydrogens (tertiary/aromatic N) is 3. The fourth-order valence-electron chi connectivity index (χ4n) is 4.30. The van der Waals surface area contributed by atoms with Crippen LogP contribution in [0.15, 0.2) is 55.0 Å². The lowest BCUT2D eigenvalue weighted by molar-refractivity contribution is -0.116. The Balaban J connectivity index is 1.16. The Hall–Kier alpha value is -2.53. The number of amides is 1. The molecule has 2 aliphatic rings. The second kappa shape index (κ2) is 8.01. The highest BCUT2D eigenvalue weighted by molar-refractivity contribution is 5.91. The third-order valence-corrected chi connectivity index (χ3v) is 5.95. The van der Waals surface area contributed by atoms with Crippen LogP contribution in [0.5, 0.6) is 0 Å². The van der Waals surface area contributed by atoms with Crippen molar-refractivity contribution in [2.24, 2.45) is 17.8 Å². The lowest BCUT2D eigenvalue weighted by Gasteiger charge is -2.26. The molecular weight excluding hydrogens is 336 g/mol. The van der Waals surface area contributed by atoms with Gasteiger partial charge >= 0.3 is 0 Å². The van der Waals surface area contributed by atoms with Crippen LogP contribution in [0.2, 0.25) is 0 Å². The Morgan fingerprint density at radius 1 is 1.26 bits per heavy atom. The highest BCUT2D eigenvalue weighted by Gasteiger charge is 2.55. The number of aromatic nitrogens is 2. The molecule has 1 aliphatic heterocycles. The van der Waals surface area contributed by atoms with Crippen LogP contribution in [-0.4, -0.2) is 40.4 Å². The quantitative estimate of drug-likeness (QED) is 0.770. The van der Waals surface area contributed by atoms with E-state index in [1.807, 2.05) is 24.4 Å². The van der Waals surface area contributed by atoms with Crippen molar-refractivity contribution in [3.8, 4) is 0 Å². The summed E-state index contributed by atoms with van der Waals surface area (Å²) in [6, 6.07) is 10.3. The minimum Gasteiger partial charge on any atom is -0.353 e. The first kappa shape index (κ1) is 17.9. The SMILES string of the molecule is CC(c1ccccn1)N1CC2C(CCNC(=O)/C=C/c3cccnc3)C2C1. The van der Waals surface area contributed by atoms with Crippen molar-refractivity contribution < 1.29 is 4.79 Å². The van der Waals surface area contributed by atoms with E-state index < -0.39 is 0 Å². The van der Waals surface area contributed by atoms with Gasteiger partial charge in [0.05, 0.1) is 5.69 Å². The van der Waals surface area contributed by atoms with Crippen molar-refractivity contribution in [3.05, 3.63) is 66.3 Å². The minimum atomic E-state index is -0.0323. The second-order valence-corrected chi connectivity index (χ2v) is 7.58. The number of carbonyl (C=O) groups is 1. The normalized spacial score (nSPS) is 25.3. The number of pyridine rings is 2. The van der Waals surface area contributed by atoms with Gasteiger partial charge in [-0.05, 0) is 60.9 Å². The fraction of sp³-hybridized carbons (Fsp3) is 0.409. The van der Waals surface area contributed by atoms with Crippen LogP contribution in [0.4, 0.5) is 0 Å². The summed E-state index contributed by atoms with van der Waals surface area (Å²) in [5.74, 6) is 2.31. The molecule has 27 heavy (non-hydrogen) atoms. The summed E-state index contributed by atoms with van der Waals surface area (Å²) in [7, 11) is 0. The van der Waals surface area contributed by atoms with Crippen LogP contribution in [0.25, 0.3) is 6.08 Å². The van der Waals surface area contributed by atoms with Crippen molar-refractivity contribution in [3.63, 3.8) is 0 Å². The van der Waals surface area contributed by atoms with Crippen LogP contribution in [0, 0.1) is 17.8 Å². The third kappa shape index (κ3) is 4.25. The Bertz CT molecular complexity index is 780. The first-order chi connectivity index (χ1) is 13.2. The standard InChI is InChI=1S/C22H26N4O/c1-16(21-6-2-3-11-24-21)26-14-19-18(20(19)15-26)9-12-25-22(27)8-7-17-5-4-10-23-13-17/h2-8,10-11,13,16,18-20H,9,12,14-15H2,1H3,(H,25,27)/b8-7+. The molecule has 1 amide bonds. The van der Waals surface area contributed by atoms with E-state index in [4.69, 9.17) is 0 Å². The molecule has 140 valence electrons. The number of carbonyl (C=O) groups excluding carboxylic acids is 1. The van der Waals surface area contributed by atoms with Gasteiger partial charge in [0.25, 0.3) is 0 Å². The van der Waals surface area contributed by atoms with E-state index in [-0.39, 0.29) is 5.91 Å². The number of likely N-dealkylation sites (tertiary alicyclic amines) is 1. The Kier molecular flexibility index (Phi) is 5.30. The zero-order valence-electron chi connectivity index (χ0n) is 15.7. The summed E-state index contributed by atoms with van der Waals surface area (Å²) >= 11 is 0. The molecule has 5 heteroatoms. The van der Waals surface area contributed by atoms with Crippen LogP contribution in [0.1, 0.15) is 30.6 Å². The molecule has 5 nitrogen and oxygen atoms in total. The predicted molar refractivity (Wildman–Crippen MR) is 106 cm³/mol. The Morgan fingerprint density at radius 2 is 2.11 bits per heavy atom. The number of fused-ring (bicyclic) bond motifs is 1. The summed E-state index contributed by atoms with van der Waals surface area (Å²) in [5, 5.41) is 3.00. The van der Waals surface area contributed by atoms with Gasteiger partial charge in [-0.15, -0.1) is 0 Å². The third-order valence-electron chi connectivity index (χ3n) is 5.95. The van der Waals surface area contributed by atoms with Gasteiger partial charge in [-0.25, -0.2) is 0 Å². The molecule has 1 N–H and O–H groups in total. The topological polar surface area (TPSA) is 58.1 Å². The largest absolute Gasteiger partial charge is 0.353 e. The molecule has 3 unspecified atom stereocenters. The molecule has 0 spiro atoms. The van der Waals surface area contributed by atoms with E-state index in [9.17, 15) is 4.79 Å². The summed E-state index contributed by atoms with van der Waals surface area (Å²) < 4.78 is 0. The summed E-state index contributed by atoms with van der Waals surface area (Å²) in [6.07, 6.45) is 9.80. The molecule has 0 bridgehead atoms. The molecular formula is C22H26N4O. The second-order valence-electron chi connectivity index (χ2n) is 7.58. The Labute approximate surface area is 160 Å². The minimum absolute atomic E-state index is 0.0323. The summed E-state index contributed by atoms with van der Waals surface area (Å²) in [5.41, 5.74) is 2.09. The van der Waals surface area contributed by atoms with E-state index in [1.54, 1.807) is 24.5 Å². The lowest BCUT2D eigenvalue weighted by atomic mass is 10.1. The molecule has 4 rings (SSSR count). The summed E-state index contributed by atoms with van der Waals surface area (Å²) in [4.78, 5) is 23.0. The van der Waals surface area contributed by atoms with Gasteiger partial charge < -0.3 is 5.32 Å². The lowest BCUT2D eigenvalue weighted by Crippen LogP contribution is -2.29. The molecule has 3 atom stereocenters. The zero-order valence-corrected chi connectivity index (χ0v) is 15.7. The first-order valence-electron chi connectivity index (χ1n) is 9.73. The van der Waals surface area contributed by atoms with Gasteiger partial charge in [-0.2, -0.15) is 0 Å². The molecule has 1 saturated carbocycles. The molecule has 1 saturated heterocycles. The van der Waals surface area contributed by atoms with E-state index in [1.165, 1.54) is 0 Å². The average molecular weight is 362 g/mol. The van der Waals surface area contributed by atoms with Crippen LogP contribution >= 0.6 is 0 Å². The smallest absolute Gasteiger partial charge is 0.244 e. The van der Waals surface area contributed by atoms with Crippen LogP contribution in [0.3, 0.4) is 0 Å². The molecule has 0 radical (unpaired) electrons. The van der Waals surface area contributed by atoms with E-state index >= 15 is 0 Å². The van der Waals surface area contributed by atoms with Crippen LogP contribution in [-0.2, 0) is 4.79 Å². The van der Waals surface area contributed by atoms with Gasteiger partial charge in [-0.3, -0.25) is 19.7 Å². The van der Waals surface area contributed by atoms with Crippen molar-refractivity contribution in [2.75, 3.05) is 19.6 Å². The number of hydrogen-bond acceptors (Lipinski definition) is 4. The number of piperidine rings is 1. The molecule has 0 aromatic carbocycles. The van der Waals surface area contributed by atoms with Crippen molar-refractivity contribution >= 4 is 12.0 Å². The maximum Gasteiger partial charge on any atom is 0.244 e. The van der Waals surface area contributed by atoms with E-state index in [0.717, 1.165) is 55.1 Å². The Morgan fingerprint density at radius 3 is 2.81 bits per heavy atom. The van der Waals surface area contributed by atoms with Gasteiger partial charge in [0, 0.05) is 50.3 Å². The van der Waals surface area contributed by atoms with Crippen molar-refractivity contribution in [2.45, 2.75) is 19.4 Å². The van der Waals surface area contributed by atoms with Gasteiger partial charge in [0.15, 0.2) is 0 Å². The van der Waals surface area contributed by atoms with E-state index in [0.29, 0.717) is 6.04 Å². The number of hydrogen-bond donors (Lipinski definition) is 1. The molecule has 3 heterocycles. The zero-order chi connectivity index (χ0) is 18.6. The highest BCUT2D eigenvalue weighted by Crippen LogP contribution is 2.54. The number of nitrogens with one attached hydrogen (secondary N) is 1.